The van der Waals surface area contributed by atoms with Crippen LogP contribution in [-0.2, 0) is 22.6 Å². The Morgan fingerprint density at radius 1 is 0.974 bits per heavy atom. The van der Waals surface area contributed by atoms with Crippen molar-refractivity contribution in [3.8, 4) is 0 Å². The lowest BCUT2D eigenvalue weighted by Gasteiger charge is -2.37. The molecule has 39 heavy (non-hydrogen) atoms. The van der Waals surface area contributed by atoms with Gasteiger partial charge in [0.25, 0.3) is 5.91 Å². The molecule has 8 nitrogen and oxygen atoms in total. The normalized spacial score (nSPS) is 17.5. The molecule has 2 aliphatic rings. The molecule has 2 heterocycles. The van der Waals surface area contributed by atoms with Crippen LogP contribution in [-0.4, -0.2) is 68.2 Å². The van der Waals surface area contributed by atoms with Crippen molar-refractivity contribution in [1.29, 1.82) is 0 Å². The molecule has 0 spiro atoms. The number of hydroxylamine groups is 2. The molecule has 0 bridgehead atoms. The zero-order valence-corrected chi connectivity index (χ0v) is 22.4. The summed E-state index contributed by atoms with van der Waals surface area (Å²) < 4.78 is 6.16. The number of carbonyl (C=O) groups excluding carboxylic acids is 2. The molecule has 2 N–H and O–H groups in total. The van der Waals surface area contributed by atoms with Crippen molar-refractivity contribution < 1.29 is 19.2 Å². The minimum absolute atomic E-state index is 0.0318. The van der Waals surface area contributed by atoms with Crippen LogP contribution in [0.15, 0.2) is 72.8 Å². The molecule has 1 unspecified atom stereocenters. The summed E-state index contributed by atoms with van der Waals surface area (Å²) in [4.78, 5) is 34.8. The van der Waals surface area contributed by atoms with Gasteiger partial charge in [-0.3, -0.25) is 19.3 Å². The molecule has 2 aliphatic heterocycles. The molecular weight excluding hydrogens is 492 g/mol. The number of piperazine rings is 1. The zero-order valence-electron chi connectivity index (χ0n) is 22.4. The summed E-state index contributed by atoms with van der Waals surface area (Å²) in [6, 6.07) is 23.3. The monoisotopic (exact) mass is 528 g/mol. The fraction of sp³-hybridized carbons (Fsp3) is 0.355. The average Bonchev–Trinajstić information content (AvgIpc) is 2.99. The van der Waals surface area contributed by atoms with Gasteiger partial charge in [-0.25, -0.2) is 5.06 Å². The summed E-state index contributed by atoms with van der Waals surface area (Å²) in [6.07, 6.45) is 1.74. The van der Waals surface area contributed by atoms with Gasteiger partial charge in [-0.15, -0.1) is 0 Å². The molecule has 3 aromatic carbocycles. The maximum absolute atomic E-state index is 13.0. The maximum Gasteiger partial charge on any atom is 0.277 e. The van der Waals surface area contributed by atoms with Crippen LogP contribution in [0.3, 0.4) is 0 Å². The molecule has 1 fully saturated rings. The maximum atomic E-state index is 13.0. The van der Waals surface area contributed by atoms with E-state index in [1.807, 2.05) is 60.7 Å². The SMILES string of the molecule is CN(OCc1ccccc1)C(=O)c1ccc2c(c1)CCOC2CCN1CCN(c2ccc(C(N)=O)cc2)CC1. The van der Waals surface area contributed by atoms with E-state index in [0.717, 1.165) is 56.8 Å². The lowest BCUT2D eigenvalue weighted by atomic mass is 9.93. The molecule has 1 saturated heterocycles. The molecule has 0 aliphatic carbocycles. The average molecular weight is 529 g/mol. The van der Waals surface area contributed by atoms with E-state index in [9.17, 15) is 9.59 Å². The second-order valence-electron chi connectivity index (χ2n) is 10.1. The van der Waals surface area contributed by atoms with Gasteiger partial charge in [-0.05, 0) is 65.9 Å². The number of hydrogen-bond acceptors (Lipinski definition) is 6. The van der Waals surface area contributed by atoms with Crippen molar-refractivity contribution in [1.82, 2.24) is 9.96 Å². The van der Waals surface area contributed by atoms with E-state index in [1.54, 1.807) is 19.2 Å². The van der Waals surface area contributed by atoms with Crippen LogP contribution in [0.2, 0.25) is 0 Å². The van der Waals surface area contributed by atoms with Gasteiger partial charge in [0.05, 0.1) is 12.7 Å². The highest BCUT2D eigenvalue weighted by atomic mass is 16.7. The molecule has 2 amide bonds. The van der Waals surface area contributed by atoms with Gasteiger partial charge in [0, 0.05) is 56.6 Å². The Balaban J connectivity index is 1.12. The van der Waals surface area contributed by atoms with Crippen molar-refractivity contribution >= 4 is 17.5 Å². The standard InChI is InChI=1S/C31H36N4O4/c1-33(39-22-23-5-3-2-4-6-23)31(37)26-9-12-28-25(21-26)14-20-38-29(28)13-15-34-16-18-35(19-17-34)27-10-7-24(8-11-27)30(32)36/h2-12,21,29H,13-20,22H2,1H3,(H2,32,36). The second-order valence-corrected chi connectivity index (χ2v) is 10.1. The van der Waals surface area contributed by atoms with E-state index in [0.29, 0.717) is 24.3 Å². The van der Waals surface area contributed by atoms with Crippen LogP contribution in [0.5, 0.6) is 0 Å². The third-order valence-corrected chi connectivity index (χ3v) is 7.58. The number of nitrogens with two attached hydrogens (primary N) is 1. The molecule has 1 atom stereocenters. The fourth-order valence-electron chi connectivity index (χ4n) is 5.26. The van der Waals surface area contributed by atoms with Crippen molar-refractivity contribution in [3.05, 3.63) is 101 Å². The molecule has 0 saturated carbocycles. The number of carbonyl (C=O) groups is 2. The smallest absolute Gasteiger partial charge is 0.277 e. The predicted octanol–water partition coefficient (Wildman–Crippen LogP) is 3.82. The number of anilines is 1. The molecule has 3 aromatic rings. The van der Waals surface area contributed by atoms with Crippen LogP contribution in [0.1, 0.15) is 49.9 Å². The zero-order chi connectivity index (χ0) is 27.2. The van der Waals surface area contributed by atoms with Gasteiger partial charge in [-0.2, -0.15) is 0 Å². The van der Waals surface area contributed by atoms with Gasteiger partial charge in [-0.1, -0.05) is 36.4 Å². The van der Waals surface area contributed by atoms with Crippen molar-refractivity contribution in [2.45, 2.75) is 25.6 Å². The van der Waals surface area contributed by atoms with Gasteiger partial charge in [0.2, 0.25) is 5.91 Å². The summed E-state index contributed by atoms with van der Waals surface area (Å²) in [7, 11) is 1.66. The minimum Gasteiger partial charge on any atom is -0.373 e. The molecular formula is C31H36N4O4. The van der Waals surface area contributed by atoms with Crippen molar-refractivity contribution in [2.24, 2.45) is 5.73 Å². The molecule has 0 aromatic heterocycles. The van der Waals surface area contributed by atoms with E-state index >= 15 is 0 Å². The Morgan fingerprint density at radius 3 is 2.41 bits per heavy atom. The summed E-state index contributed by atoms with van der Waals surface area (Å²) >= 11 is 0. The number of primary amides is 1. The lowest BCUT2D eigenvalue weighted by Crippen LogP contribution is -2.47. The third-order valence-electron chi connectivity index (χ3n) is 7.58. The number of ether oxygens (including phenoxy) is 1. The van der Waals surface area contributed by atoms with Crippen LogP contribution in [0.25, 0.3) is 0 Å². The Bertz CT molecular complexity index is 1270. The van der Waals surface area contributed by atoms with Crippen LogP contribution < -0.4 is 10.6 Å². The van der Waals surface area contributed by atoms with Crippen LogP contribution in [0.4, 0.5) is 5.69 Å². The van der Waals surface area contributed by atoms with E-state index in [4.69, 9.17) is 15.3 Å². The highest BCUT2D eigenvalue weighted by molar-refractivity contribution is 5.94. The first-order valence-electron chi connectivity index (χ1n) is 13.5. The Morgan fingerprint density at radius 2 is 1.69 bits per heavy atom. The Labute approximate surface area is 229 Å². The van der Waals surface area contributed by atoms with Gasteiger partial charge < -0.3 is 15.4 Å². The molecule has 8 heteroatoms. The molecule has 204 valence electrons. The van der Waals surface area contributed by atoms with E-state index in [2.05, 4.69) is 9.80 Å². The summed E-state index contributed by atoms with van der Waals surface area (Å²) in [5, 5.41) is 1.32. The summed E-state index contributed by atoms with van der Waals surface area (Å²) in [5.41, 5.74) is 11.0. The van der Waals surface area contributed by atoms with E-state index in [1.165, 1.54) is 16.2 Å². The molecule has 5 rings (SSSR count). The topological polar surface area (TPSA) is 88.3 Å². The quantitative estimate of drug-likeness (QED) is 0.425. The van der Waals surface area contributed by atoms with Crippen LogP contribution >= 0.6 is 0 Å². The fourth-order valence-corrected chi connectivity index (χ4v) is 5.26. The first-order chi connectivity index (χ1) is 19.0. The van der Waals surface area contributed by atoms with Crippen LogP contribution in [0, 0.1) is 0 Å². The first-order valence-corrected chi connectivity index (χ1v) is 13.5. The Kier molecular flexibility index (Phi) is 8.56. The van der Waals surface area contributed by atoms with Gasteiger partial charge >= 0.3 is 0 Å². The number of benzene rings is 3. The number of hydrogen-bond donors (Lipinski definition) is 1. The van der Waals surface area contributed by atoms with Crippen molar-refractivity contribution in [2.75, 3.05) is 51.3 Å². The largest absolute Gasteiger partial charge is 0.373 e. The van der Waals surface area contributed by atoms with E-state index < -0.39 is 5.91 Å². The number of rotatable bonds is 9. The number of fused-ring (bicyclic) bond motifs is 1. The van der Waals surface area contributed by atoms with Crippen molar-refractivity contribution in [3.63, 3.8) is 0 Å². The minimum atomic E-state index is -0.402. The lowest BCUT2D eigenvalue weighted by molar-refractivity contribution is -0.116. The summed E-state index contributed by atoms with van der Waals surface area (Å²) in [6.45, 7) is 5.77. The highest BCUT2D eigenvalue weighted by Gasteiger charge is 2.25. The highest BCUT2D eigenvalue weighted by Crippen LogP contribution is 2.31. The molecule has 0 radical (unpaired) electrons. The third kappa shape index (κ3) is 6.65. The number of nitrogens with zero attached hydrogens (tertiary/aromatic N) is 3. The van der Waals surface area contributed by atoms with Gasteiger partial charge in [0.15, 0.2) is 0 Å². The Hall–Kier alpha value is -3.72. The van der Waals surface area contributed by atoms with E-state index in [-0.39, 0.29) is 12.0 Å². The second kappa shape index (κ2) is 12.4. The summed E-state index contributed by atoms with van der Waals surface area (Å²) in [5.74, 6) is -0.556. The number of amides is 2. The predicted molar refractivity (Wildman–Crippen MR) is 150 cm³/mol. The van der Waals surface area contributed by atoms with Gasteiger partial charge in [0.1, 0.15) is 6.61 Å². The first kappa shape index (κ1) is 26.9.